The molecule has 3 aromatic rings. The minimum absolute atomic E-state index is 0.0275. The Morgan fingerprint density at radius 2 is 2.03 bits per heavy atom. The number of nitrogens with zero attached hydrogens (tertiary/aromatic N) is 2. The molecule has 38 heavy (non-hydrogen) atoms. The number of hydrogen-bond donors (Lipinski definition) is 2. The third-order valence-corrected chi connectivity index (χ3v) is 8.32. The van der Waals surface area contributed by atoms with Gasteiger partial charge in [0.05, 0.1) is 35.9 Å². The number of rotatable bonds is 11. The summed E-state index contributed by atoms with van der Waals surface area (Å²) >= 11 is 0. The number of ether oxygens (including phenoxy) is 1. The van der Waals surface area contributed by atoms with Crippen LogP contribution in [0.2, 0.25) is 0 Å². The smallest absolute Gasteiger partial charge is 0.401 e. The van der Waals surface area contributed by atoms with E-state index in [0.717, 1.165) is 32.4 Å². The first kappa shape index (κ1) is 28.1. The fraction of sp³-hybridized carbons (Fsp3) is 0.444. The maximum atomic E-state index is 12.8. The predicted octanol–water partition coefficient (Wildman–Crippen LogP) is 5.15. The standard InChI is InChI=1S/C27H32F3N3O4S/c1-3-38(35,36)20-7-4-6-19(15-20)21-8-9-23(25-24(21)22-14-18(2)16-31-26(22)32-25)37-13-5-10-33(11-12-34)17-27(28,29)30/h7-9,14-16,34H,3-6,10-13,17H2,1-2H3,(H,31,32). The number of pyridine rings is 1. The average molecular weight is 552 g/mol. The van der Waals surface area contributed by atoms with Crippen LogP contribution in [0.4, 0.5) is 13.2 Å². The van der Waals surface area contributed by atoms with Gasteiger partial charge in [0.25, 0.3) is 0 Å². The highest BCUT2D eigenvalue weighted by Gasteiger charge is 2.30. The highest BCUT2D eigenvalue weighted by molar-refractivity contribution is 7.95. The summed E-state index contributed by atoms with van der Waals surface area (Å²) in [5, 5.41) is 10.8. The van der Waals surface area contributed by atoms with Gasteiger partial charge in [-0.3, -0.25) is 4.90 Å². The molecular formula is C27H32F3N3O4S. The molecule has 0 atom stereocenters. The Morgan fingerprint density at radius 1 is 1.24 bits per heavy atom. The van der Waals surface area contributed by atoms with Crippen molar-refractivity contribution in [3.8, 4) is 5.75 Å². The maximum absolute atomic E-state index is 12.8. The van der Waals surface area contributed by atoms with E-state index in [9.17, 15) is 21.6 Å². The van der Waals surface area contributed by atoms with Gasteiger partial charge in [-0.15, -0.1) is 0 Å². The van der Waals surface area contributed by atoms with Crippen molar-refractivity contribution < 1.29 is 31.4 Å². The summed E-state index contributed by atoms with van der Waals surface area (Å²) in [6.45, 7) is 2.38. The van der Waals surface area contributed by atoms with Gasteiger partial charge in [0.2, 0.25) is 0 Å². The molecular weight excluding hydrogens is 519 g/mol. The number of fused-ring (bicyclic) bond motifs is 3. The first-order valence-electron chi connectivity index (χ1n) is 12.6. The summed E-state index contributed by atoms with van der Waals surface area (Å²) in [7, 11) is -3.35. The van der Waals surface area contributed by atoms with E-state index < -0.39 is 22.6 Å². The average Bonchev–Trinajstić information content (AvgIpc) is 3.25. The van der Waals surface area contributed by atoms with Crippen LogP contribution in [-0.2, 0) is 9.84 Å². The summed E-state index contributed by atoms with van der Waals surface area (Å²) in [5.74, 6) is 0.567. The van der Waals surface area contributed by atoms with Crippen molar-refractivity contribution in [2.24, 2.45) is 0 Å². The van der Waals surface area contributed by atoms with E-state index >= 15 is 0 Å². The first-order valence-corrected chi connectivity index (χ1v) is 14.3. The molecule has 2 N–H and O–H groups in total. The molecule has 11 heteroatoms. The Balaban J connectivity index is 1.65. The normalized spacial score (nSPS) is 14.8. The molecule has 0 aliphatic heterocycles. The van der Waals surface area contributed by atoms with Crippen LogP contribution < -0.4 is 4.74 Å². The molecule has 0 radical (unpaired) electrons. The highest BCUT2D eigenvalue weighted by atomic mass is 32.2. The summed E-state index contributed by atoms with van der Waals surface area (Å²) in [6.07, 6.45) is 2.56. The number of allylic oxidation sites excluding steroid dienone is 3. The summed E-state index contributed by atoms with van der Waals surface area (Å²) < 4.78 is 69.5. The fourth-order valence-corrected chi connectivity index (χ4v) is 5.78. The highest BCUT2D eigenvalue weighted by Crippen LogP contribution is 2.40. The van der Waals surface area contributed by atoms with Crippen molar-refractivity contribution >= 4 is 37.3 Å². The van der Waals surface area contributed by atoms with Gasteiger partial charge < -0.3 is 14.8 Å². The second-order valence-corrected chi connectivity index (χ2v) is 11.7. The lowest BCUT2D eigenvalue weighted by atomic mass is 9.93. The van der Waals surface area contributed by atoms with Crippen molar-refractivity contribution in [3.05, 3.63) is 52.6 Å². The third-order valence-electron chi connectivity index (χ3n) is 6.56. The molecule has 4 rings (SSSR count). The Bertz CT molecular complexity index is 1480. The number of aryl methyl sites for hydroxylation is 1. The molecule has 1 aliphatic rings. The molecule has 0 fully saturated rings. The van der Waals surface area contributed by atoms with Gasteiger partial charge >= 0.3 is 6.18 Å². The molecule has 0 saturated heterocycles. The quantitative estimate of drug-likeness (QED) is 0.320. The molecule has 0 saturated carbocycles. The largest absolute Gasteiger partial charge is 0.491 e. The number of alkyl halides is 3. The maximum Gasteiger partial charge on any atom is 0.401 e. The molecule has 0 spiro atoms. The summed E-state index contributed by atoms with van der Waals surface area (Å²) in [4.78, 5) is 9.32. The predicted molar refractivity (Wildman–Crippen MR) is 143 cm³/mol. The molecule has 1 aromatic carbocycles. The monoisotopic (exact) mass is 551 g/mol. The Morgan fingerprint density at radius 3 is 2.74 bits per heavy atom. The number of aliphatic hydroxyl groups is 1. The van der Waals surface area contributed by atoms with Crippen LogP contribution in [0.5, 0.6) is 5.75 Å². The zero-order valence-corrected chi connectivity index (χ0v) is 22.3. The van der Waals surface area contributed by atoms with Crippen LogP contribution in [0, 0.1) is 6.92 Å². The van der Waals surface area contributed by atoms with Crippen molar-refractivity contribution in [1.29, 1.82) is 0 Å². The van der Waals surface area contributed by atoms with Crippen LogP contribution in [0.1, 0.15) is 37.3 Å². The van der Waals surface area contributed by atoms with E-state index in [0.29, 0.717) is 41.1 Å². The van der Waals surface area contributed by atoms with Crippen LogP contribution in [0.3, 0.4) is 0 Å². The number of aromatic nitrogens is 2. The van der Waals surface area contributed by atoms with Gasteiger partial charge in [0, 0.05) is 30.1 Å². The van der Waals surface area contributed by atoms with Gasteiger partial charge in [0.1, 0.15) is 11.4 Å². The van der Waals surface area contributed by atoms with Gasteiger partial charge in [-0.1, -0.05) is 19.1 Å². The summed E-state index contributed by atoms with van der Waals surface area (Å²) in [5.41, 5.74) is 4.13. The molecule has 7 nitrogen and oxygen atoms in total. The topological polar surface area (TPSA) is 95.5 Å². The van der Waals surface area contributed by atoms with Crippen molar-refractivity contribution in [2.75, 3.05) is 38.6 Å². The van der Waals surface area contributed by atoms with Gasteiger partial charge in [0.15, 0.2) is 9.84 Å². The lowest BCUT2D eigenvalue weighted by Crippen LogP contribution is -2.37. The Kier molecular flexibility index (Phi) is 8.49. The second kappa shape index (κ2) is 11.5. The number of hydrogen-bond acceptors (Lipinski definition) is 6. The minimum Gasteiger partial charge on any atom is -0.491 e. The van der Waals surface area contributed by atoms with Gasteiger partial charge in [-0.25, -0.2) is 13.4 Å². The zero-order chi connectivity index (χ0) is 27.5. The van der Waals surface area contributed by atoms with Crippen molar-refractivity contribution in [2.45, 2.75) is 39.3 Å². The van der Waals surface area contributed by atoms with E-state index in [2.05, 4.69) is 9.97 Å². The van der Waals surface area contributed by atoms with Gasteiger partial charge in [-0.2, -0.15) is 13.2 Å². The zero-order valence-electron chi connectivity index (χ0n) is 21.4. The second-order valence-electron chi connectivity index (χ2n) is 9.43. The number of H-pyrrole nitrogens is 1. The summed E-state index contributed by atoms with van der Waals surface area (Å²) in [6, 6.07) is 5.72. The number of benzene rings is 1. The van der Waals surface area contributed by atoms with E-state index in [1.165, 1.54) is 0 Å². The molecule has 206 valence electrons. The van der Waals surface area contributed by atoms with Crippen LogP contribution in [-0.4, -0.2) is 73.2 Å². The Hall–Kier alpha value is -2.89. The van der Waals surface area contributed by atoms with E-state index in [1.807, 2.05) is 19.1 Å². The number of aromatic amines is 1. The molecule has 1 aliphatic carbocycles. The van der Waals surface area contributed by atoms with Crippen LogP contribution in [0.15, 0.2) is 41.5 Å². The number of nitrogens with one attached hydrogen (secondary N) is 1. The van der Waals surface area contributed by atoms with Crippen molar-refractivity contribution in [1.82, 2.24) is 14.9 Å². The Labute approximate surface area is 219 Å². The molecule has 2 heterocycles. The number of sulfone groups is 1. The fourth-order valence-electron chi connectivity index (χ4n) is 4.76. The lowest BCUT2D eigenvalue weighted by molar-refractivity contribution is -0.147. The molecule has 2 aromatic heterocycles. The number of halogens is 3. The minimum atomic E-state index is -4.34. The molecule has 0 bridgehead atoms. The SMILES string of the molecule is CCS(=O)(=O)C1=CCCC(c2ccc(OCCCN(CCO)CC(F)(F)F)c3[nH]c4ncc(C)cc4c23)=C1. The van der Waals surface area contributed by atoms with E-state index in [1.54, 1.807) is 31.3 Å². The van der Waals surface area contributed by atoms with Crippen molar-refractivity contribution in [3.63, 3.8) is 0 Å². The van der Waals surface area contributed by atoms with Gasteiger partial charge in [-0.05, 0) is 61.1 Å². The van der Waals surface area contributed by atoms with Crippen LogP contribution >= 0.6 is 0 Å². The van der Waals surface area contributed by atoms with E-state index in [-0.39, 0.29) is 32.1 Å². The molecule has 0 amide bonds. The first-order chi connectivity index (χ1) is 18.0. The molecule has 0 unspecified atom stereocenters. The van der Waals surface area contributed by atoms with Crippen LogP contribution in [0.25, 0.3) is 27.5 Å². The lowest BCUT2D eigenvalue weighted by Gasteiger charge is -2.22. The number of aliphatic hydroxyl groups excluding tert-OH is 1. The third kappa shape index (κ3) is 6.39. The van der Waals surface area contributed by atoms with E-state index in [4.69, 9.17) is 9.84 Å².